The summed E-state index contributed by atoms with van der Waals surface area (Å²) in [5.74, 6) is -1.69. The number of hydrogen-bond acceptors (Lipinski definition) is 7. The van der Waals surface area contributed by atoms with E-state index in [9.17, 15) is 23.8 Å². The fourth-order valence-corrected chi connectivity index (χ4v) is 5.30. The lowest BCUT2D eigenvalue weighted by atomic mass is 9.46. The molecule has 0 amide bonds. The number of rotatable bonds is 5. The Morgan fingerprint density at radius 2 is 1.77 bits per heavy atom. The molecule has 0 aromatic heterocycles. The minimum atomic E-state index is -4.01. The van der Waals surface area contributed by atoms with E-state index < -0.39 is 39.9 Å². The minimum Gasteiger partial charge on any atom is -0.460 e. The summed E-state index contributed by atoms with van der Waals surface area (Å²) in [5.41, 5.74) is -2.68. The van der Waals surface area contributed by atoms with Crippen LogP contribution >= 0.6 is 12.0 Å². The van der Waals surface area contributed by atoms with Crippen molar-refractivity contribution in [1.29, 1.82) is 0 Å². The van der Waals surface area contributed by atoms with E-state index in [0.29, 0.717) is 32.1 Å². The fraction of sp³-hybridized carbons (Fsp3) is 0.923. The highest BCUT2D eigenvalue weighted by atomic mass is 32.2. The molecule has 0 aliphatic heterocycles. The van der Waals surface area contributed by atoms with Crippen molar-refractivity contribution in [2.75, 3.05) is 6.61 Å². The van der Waals surface area contributed by atoms with Crippen LogP contribution in [0.25, 0.3) is 0 Å². The van der Waals surface area contributed by atoms with Crippen LogP contribution in [-0.4, -0.2) is 44.5 Å². The van der Waals surface area contributed by atoms with Gasteiger partial charge in [0.25, 0.3) is 0 Å². The van der Waals surface area contributed by atoms with Crippen molar-refractivity contribution >= 4 is 18.0 Å². The Kier molecular flexibility index (Phi) is 3.73. The molecule has 4 fully saturated rings. The predicted molar refractivity (Wildman–Crippen MR) is 70.7 cm³/mol. The van der Waals surface area contributed by atoms with E-state index in [1.807, 2.05) is 0 Å². The third-order valence-corrected chi connectivity index (χ3v) is 5.46. The van der Waals surface area contributed by atoms with Gasteiger partial charge >= 0.3 is 11.2 Å². The quantitative estimate of drug-likeness (QED) is 0.303. The predicted octanol–water partition coefficient (Wildman–Crippen LogP) is 1.71. The molecule has 4 aliphatic rings. The normalized spacial score (nSPS) is 43.4. The zero-order chi connectivity index (χ0) is 16.2. The van der Waals surface area contributed by atoms with Gasteiger partial charge in [0, 0.05) is 11.8 Å². The van der Waals surface area contributed by atoms with Crippen molar-refractivity contribution in [3.8, 4) is 0 Å². The zero-order valence-electron chi connectivity index (χ0n) is 11.8. The molecule has 0 spiro atoms. The molecule has 0 heterocycles. The first-order valence-electron chi connectivity index (χ1n) is 7.09. The van der Waals surface area contributed by atoms with Gasteiger partial charge in [-0.1, -0.05) is 0 Å². The van der Waals surface area contributed by atoms with Crippen LogP contribution in [-0.2, 0) is 13.9 Å². The van der Waals surface area contributed by atoms with E-state index in [4.69, 9.17) is 9.99 Å². The van der Waals surface area contributed by atoms with Gasteiger partial charge in [0.15, 0.2) is 0 Å². The van der Waals surface area contributed by atoms with E-state index >= 15 is 0 Å². The Bertz CT molecular complexity index is 469. The third-order valence-electron chi connectivity index (χ3n) is 5.01. The SMILES string of the molecule is O=C(OCC12CC3CC(O)(CC(O)(C3)C1)C2)C(F)(F)SOO. The van der Waals surface area contributed by atoms with Crippen molar-refractivity contribution in [2.45, 2.75) is 55.0 Å². The second kappa shape index (κ2) is 5.01. The summed E-state index contributed by atoms with van der Waals surface area (Å²) in [6.45, 7) is -0.283. The number of carbonyl (C=O) groups is 1. The summed E-state index contributed by atoms with van der Waals surface area (Å²) in [7, 11) is 0. The van der Waals surface area contributed by atoms with Crippen LogP contribution < -0.4 is 0 Å². The monoisotopic (exact) mass is 340 g/mol. The molecule has 126 valence electrons. The lowest BCUT2D eigenvalue weighted by molar-refractivity contribution is -0.241. The van der Waals surface area contributed by atoms with Gasteiger partial charge < -0.3 is 14.9 Å². The number of alkyl halides is 2. The molecular formula is C13H18F2O6S. The molecule has 0 radical (unpaired) electrons. The maximum atomic E-state index is 13.2. The van der Waals surface area contributed by atoms with Gasteiger partial charge in [-0.05, 0) is 38.0 Å². The molecular weight excluding hydrogens is 322 g/mol. The summed E-state index contributed by atoms with van der Waals surface area (Å²) >= 11 is -0.694. The van der Waals surface area contributed by atoms with Crippen molar-refractivity contribution in [2.24, 2.45) is 11.3 Å². The number of aliphatic hydroxyl groups is 2. The van der Waals surface area contributed by atoms with Gasteiger partial charge in [0.05, 0.1) is 17.8 Å². The van der Waals surface area contributed by atoms with E-state index in [0.717, 1.165) is 0 Å². The number of carbonyl (C=O) groups excluding carboxylic acids is 1. The molecule has 0 aromatic carbocycles. The van der Waals surface area contributed by atoms with E-state index in [-0.39, 0.29) is 18.9 Å². The summed E-state index contributed by atoms with van der Waals surface area (Å²) in [6.07, 6.45) is 2.78. The topological polar surface area (TPSA) is 96.2 Å². The standard InChI is InChI=1S/C13H18F2O6S/c14-13(15,22-21-19)9(16)20-7-10-1-8-2-11(17,4-10)6-12(18,3-8)5-10/h8,17-19H,1-7H2. The molecule has 22 heavy (non-hydrogen) atoms. The average molecular weight is 340 g/mol. The van der Waals surface area contributed by atoms with Crippen molar-refractivity contribution in [3.63, 3.8) is 0 Å². The van der Waals surface area contributed by atoms with Gasteiger partial charge in [0.1, 0.15) is 12.0 Å². The summed E-state index contributed by atoms with van der Waals surface area (Å²) in [6, 6.07) is 0. The summed E-state index contributed by atoms with van der Waals surface area (Å²) in [5, 5.41) is 25.1. The average Bonchev–Trinajstić information content (AvgIpc) is 2.31. The molecule has 4 rings (SSSR count). The molecule has 4 aliphatic carbocycles. The molecule has 0 saturated heterocycles. The van der Waals surface area contributed by atoms with Crippen molar-refractivity contribution in [1.82, 2.24) is 0 Å². The van der Waals surface area contributed by atoms with Crippen LogP contribution in [0.5, 0.6) is 0 Å². The first-order valence-corrected chi connectivity index (χ1v) is 7.83. The molecule has 9 heteroatoms. The van der Waals surface area contributed by atoms with E-state index in [1.165, 1.54) is 0 Å². The minimum absolute atomic E-state index is 0.112. The van der Waals surface area contributed by atoms with E-state index in [1.54, 1.807) is 0 Å². The third kappa shape index (κ3) is 2.84. The highest BCUT2D eigenvalue weighted by Crippen LogP contribution is 2.63. The lowest BCUT2D eigenvalue weighted by Gasteiger charge is -2.62. The molecule has 6 nitrogen and oxygen atoms in total. The number of halogens is 2. The smallest absolute Gasteiger partial charge is 0.415 e. The van der Waals surface area contributed by atoms with Crippen molar-refractivity contribution in [3.05, 3.63) is 0 Å². The Hall–Kier alpha value is -0.480. The van der Waals surface area contributed by atoms with Crippen LogP contribution in [0.3, 0.4) is 0 Å². The fourth-order valence-electron chi connectivity index (χ4n) is 5.08. The number of esters is 1. The molecule has 4 saturated carbocycles. The first kappa shape index (κ1) is 16.4. The molecule has 0 aromatic rings. The second-order valence-electron chi connectivity index (χ2n) is 7.21. The zero-order valence-corrected chi connectivity index (χ0v) is 12.6. The van der Waals surface area contributed by atoms with Crippen molar-refractivity contribution < 1.29 is 38.1 Å². The molecule has 4 bridgehead atoms. The molecule has 2 atom stereocenters. The lowest BCUT2D eigenvalue weighted by Crippen LogP contribution is -2.64. The Balaban J connectivity index is 1.69. The highest BCUT2D eigenvalue weighted by Gasteiger charge is 2.63. The van der Waals surface area contributed by atoms with Crippen LogP contribution in [0.1, 0.15) is 38.5 Å². The van der Waals surface area contributed by atoms with Gasteiger partial charge in [-0.15, -0.1) is 0 Å². The Labute approximate surface area is 129 Å². The summed E-state index contributed by atoms with van der Waals surface area (Å²) in [4.78, 5) is 11.4. The van der Waals surface area contributed by atoms with Gasteiger partial charge in [-0.2, -0.15) is 13.1 Å². The number of hydrogen-bond donors (Lipinski definition) is 3. The van der Waals surface area contributed by atoms with Crippen LogP contribution in [0.15, 0.2) is 0 Å². The largest absolute Gasteiger partial charge is 0.460 e. The number of ether oxygens (including phenoxy) is 1. The highest BCUT2D eigenvalue weighted by molar-refractivity contribution is 7.96. The molecule has 2 unspecified atom stereocenters. The van der Waals surface area contributed by atoms with Crippen LogP contribution in [0.2, 0.25) is 0 Å². The summed E-state index contributed by atoms with van der Waals surface area (Å²) < 4.78 is 34.4. The second-order valence-corrected chi connectivity index (χ2v) is 8.04. The van der Waals surface area contributed by atoms with Gasteiger partial charge in [-0.25, -0.2) is 10.1 Å². The molecule has 3 N–H and O–H groups in total. The maximum absolute atomic E-state index is 13.2. The van der Waals surface area contributed by atoms with Crippen LogP contribution in [0, 0.1) is 11.3 Å². The first-order chi connectivity index (χ1) is 10.1. The van der Waals surface area contributed by atoms with E-state index in [2.05, 4.69) is 4.33 Å². The van der Waals surface area contributed by atoms with Crippen LogP contribution in [0.4, 0.5) is 8.78 Å². The Morgan fingerprint density at radius 3 is 2.27 bits per heavy atom. The Morgan fingerprint density at radius 1 is 1.18 bits per heavy atom. The maximum Gasteiger partial charge on any atom is 0.415 e. The van der Waals surface area contributed by atoms with Gasteiger partial charge in [-0.3, -0.25) is 0 Å². The van der Waals surface area contributed by atoms with Gasteiger partial charge in [0.2, 0.25) is 0 Å².